The van der Waals surface area contributed by atoms with Gasteiger partial charge in [0, 0.05) is 32.2 Å². The number of aliphatic imine (C=N–C) groups is 1. The third-order valence-electron chi connectivity index (χ3n) is 7.37. The Balaban J connectivity index is 1.61. The molecule has 0 saturated carbocycles. The molecule has 1 unspecified atom stereocenters. The molecule has 0 N–H and O–H groups in total. The van der Waals surface area contributed by atoms with Crippen molar-refractivity contribution in [3.05, 3.63) is 83.4 Å². The summed E-state index contributed by atoms with van der Waals surface area (Å²) in [5.41, 5.74) is 6.11. The molecule has 0 saturated heterocycles. The Morgan fingerprint density at radius 1 is 1.08 bits per heavy atom. The summed E-state index contributed by atoms with van der Waals surface area (Å²) >= 11 is 0. The average molecular weight is 496 g/mol. The van der Waals surface area contributed by atoms with Crippen LogP contribution in [0.4, 0.5) is 0 Å². The number of aldehydes is 1. The first-order valence-electron chi connectivity index (χ1n) is 13.4. The summed E-state index contributed by atoms with van der Waals surface area (Å²) in [5, 5.41) is 0. The Bertz CT molecular complexity index is 1300. The molecular weight excluding hydrogens is 458 g/mol. The first kappa shape index (κ1) is 26.5. The van der Waals surface area contributed by atoms with E-state index >= 15 is 0 Å². The van der Waals surface area contributed by atoms with Crippen LogP contribution in [0, 0.1) is 5.41 Å². The fourth-order valence-electron chi connectivity index (χ4n) is 4.84. The Hall–Kier alpha value is -3.60. The topological polar surface area (TPSA) is 64.3 Å². The van der Waals surface area contributed by atoms with Crippen molar-refractivity contribution in [3.63, 3.8) is 0 Å². The van der Waals surface area contributed by atoms with Crippen LogP contribution in [0.5, 0.6) is 0 Å². The molecule has 1 heterocycles. The van der Waals surface area contributed by atoms with Gasteiger partial charge in [0.2, 0.25) is 5.91 Å². The summed E-state index contributed by atoms with van der Waals surface area (Å²) in [4.78, 5) is 33.3. The second-order valence-electron chi connectivity index (χ2n) is 10.3. The summed E-state index contributed by atoms with van der Waals surface area (Å²) in [7, 11) is 0. The van der Waals surface area contributed by atoms with E-state index in [9.17, 15) is 9.59 Å². The number of unbranched alkanes of at least 4 members (excludes halogenated alkanes) is 1. The van der Waals surface area contributed by atoms with Crippen LogP contribution < -0.4 is 0 Å². The standard InChI is InChI=1S/C32H37N3O2/c1-4-6-15-30-34-28-17-16-27(33-31(37)22-32(3,5-2)18-19-36)21-29(28)35(30)23-24-11-10-14-26(20-24)25-12-8-7-9-13-25/h7-14,16-17,19-20H,4-6,15,18,21-23H2,1-3H3. The van der Waals surface area contributed by atoms with Crippen molar-refractivity contribution >= 4 is 24.0 Å². The zero-order valence-corrected chi connectivity index (χ0v) is 22.2. The van der Waals surface area contributed by atoms with E-state index in [4.69, 9.17) is 4.98 Å². The molecule has 1 aliphatic rings. The minimum Gasteiger partial charge on any atom is -0.327 e. The van der Waals surface area contributed by atoms with Gasteiger partial charge in [-0.3, -0.25) is 4.79 Å². The molecule has 5 heteroatoms. The molecule has 5 nitrogen and oxygen atoms in total. The molecule has 0 aliphatic heterocycles. The second kappa shape index (κ2) is 12.1. The maximum absolute atomic E-state index is 12.8. The lowest BCUT2D eigenvalue weighted by Gasteiger charge is -2.23. The molecule has 1 aliphatic carbocycles. The van der Waals surface area contributed by atoms with Gasteiger partial charge in [0.05, 0.1) is 17.1 Å². The van der Waals surface area contributed by atoms with Crippen molar-refractivity contribution in [3.8, 4) is 11.1 Å². The number of allylic oxidation sites excluding steroid dienone is 1. The predicted molar refractivity (Wildman–Crippen MR) is 151 cm³/mol. The van der Waals surface area contributed by atoms with Crippen LogP contribution in [0.2, 0.25) is 0 Å². The van der Waals surface area contributed by atoms with E-state index < -0.39 is 0 Å². The van der Waals surface area contributed by atoms with Crippen LogP contribution in [0.25, 0.3) is 17.2 Å². The summed E-state index contributed by atoms with van der Waals surface area (Å²) in [6, 6.07) is 19.1. The summed E-state index contributed by atoms with van der Waals surface area (Å²) in [6.07, 6.45) is 9.90. The van der Waals surface area contributed by atoms with E-state index in [1.165, 1.54) is 16.7 Å². The number of amides is 1. The van der Waals surface area contributed by atoms with Gasteiger partial charge < -0.3 is 9.36 Å². The number of hydrogen-bond acceptors (Lipinski definition) is 3. The van der Waals surface area contributed by atoms with Gasteiger partial charge in [-0.2, -0.15) is 0 Å². The number of aromatic nitrogens is 2. The molecule has 2 aromatic carbocycles. The lowest BCUT2D eigenvalue weighted by Crippen LogP contribution is -2.21. The fourth-order valence-corrected chi connectivity index (χ4v) is 4.84. The quantitative estimate of drug-likeness (QED) is 0.273. The van der Waals surface area contributed by atoms with Gasteiger partial charge in [-0.15, -0.1) is 0 Å². The zero-order chi connectivity index (χ0) is 26.3. The number of aryl methyl sites for hydroxylation is 1. The number of rotatable bonds is 11. The molecule has 1 aromatic heterocycles. The highest BCUT2D eigenvalue weighted by Crippen LogP contribution is 2.30. The molecule has 0 spiro atoms. The number of benzene rings is 2. The van der Waals surface area contributed by atoms with E-state index in [0.29, 0.717) is 12.8 Å². The van der Waals surface area contributed by atoms with Gasteiger partial charge in [-0.05, 0) is 53.2 Å². The average Bonchev–Trinajstić information content (AvgIpc) is 3.24. The SMILES string of the molecule is CCCCc1nc2c(n1Cc1cccc(-c3ccccc3)c1)CC(=NC(=O)CC(C)(CC)CC=O)C=C2. The van der Waals surface area contributed by atoms with Crippen molar-refractivity contribution in [1.29, 1.82) is 0 Å². The van der Waals surface area contributed by atoms with E-state index in [2.05, 4.69) is 65.0 Å². The Morgan fingerprint density at radius 3 is 2.59 bits per heavy atom. The molecule has 0 bridgehead atoms. The van der Waals surface area contributed by atoms with Crippen molar-refractivity contribution in [2.75, 3.05) is 0 Å². The van der Waals surface area contributed by atoms with E-state index in [1.807, 2.05) is 32.1 Å². The van der Waals surface area contributed by atoms with Crippen LogP contribution >= 0.6 is 0 Å². The molecule has 1 atom stereocenters. The van der Waals surface area contributed by atoms with Crippen LogP contribution in [0.15, 0.2) is 65.7 Å². The fraction of sp³-hybridized carbons (Fsp3) is 0.375. The van der Waals surface area contributed by atoms with Crippen LogP contribution in [0.3, 0.4) is 0 Å². The Kier molecular flexibility index (Phi) is 8.65. The first-order valence-corrected chi connectivity index (χ1v) is 13.4. The minimum atomic E-state index is -0.342. The molecular formula is C32H37N3O2. The summed E-state index contributed by atoms with van der Waals surface area (Å²) < 4.78 is 2.32. The molecule has 192 valence electrons. The third kappa shape index (κ3) is 6.59. The van der Waals surface area contributed by atoms with Crippen molar-refractivity contribution in [2.45, 2.75) is 72.3 Å². The molecule has 3 aromatic rings. The lowest BCUT2D eigenvalue weighted by molar-refractivity contribution is -0.120. The highest BCUT2D eigenvalue weighted by Gasteiger charge is 2.26. The first-order chi connectivity index (χ1) is 17.9. The van der Waals surface area contributed by atoms with Gasteiger partial charge in [0.1, 0.15) is 12.1 Å². The van der Waals surface area contributed by atoms with E-state index in [1.54, 1.807) is 0 Å². The van der Waals surface area contributed by atoms with Gasteiger partial charge in [0.25, 0.3) is 0 Å². The monoisotopic (exact) mass is 495 g/mol. The molecule has 37 heavy (non-hydrogen) atoms. The number of fused-ring (bicyclic) bond motifs is 1. The molecule has 0 fully saturated rings. The normalized spacial score (nSPS) is 15.4. The van der Waals surface area contributed by atoms with Crippen molar-refractivity contribution in [1.82, 2.24) is 9.55 Å². The van der Waals surface area contributed by atoms with Gasteiger partial charge in [-0.1, -0.05) is 75.7 Å². The van der Waals surface area contributed by atoms with Gasteiger partial charge in [0.15, 0.2) is 0 Å². The zero-order valence-electron chi connectivity index (χ0n) is 22.2. The summed E-state index contributed by atoms with van der Waals surface area (Å²) in [5.74, 6) is 0.917. The Morgan fingerprint density at radius 2 is 1.86 bits per heavy atom. The van der Waals surface area contributed by atoms with Gasteiger partial charge >= 0.3 is 0 Å². The van der Waals surface area contributed by atoms with Crippen LogP contribution in [0.1, 0.15) is 75.7 Å². The highest BCUT2D eigenvalue weighted by molar-refractivity contribution is 6.07. The third-order valence-corrected chi connectivity index (χ3v) is 7.37. The van der Waals surface area contributed by atoms with Crippen molar-refractivity contribution < 1.29 is 9.59 Å². The van der Waals surface area contributed by atoms with Crippen LogP contribution in [-0.4, -0.2) is 27.5 Å². The number of carbonyl (C=O) groups is 2. The highest BCUT2D eigenvalue weighted by atomic mass is 16.1. The van der Waals surface area contributed by atoms with Gasteiger partial charge in [-0.25, -0.2) is 9.98 Å². The second-order valence-corrected chi connectivity index (χ2v) is 10.3. The summed E-state index contributed by atoms with van der Waals surface area (Å²) in [6.45, 7) is 6.92. The number of nitrogens with zero attached hydrogens (tertiary/aromatic N) is 3. The largest absolute Gasteiger partial charge is 0.327 e. The number of imidazole rings is 1. The van der Waals surface area contributed by atoms with E-state index in [-0.39, 0.29) is 17.7 Å². The van der Waals surface area contributed by atoms with Crippen LogP contribution in [-0.2, 0) is 29.0 Å². The molecule has 1 amide bonds. The maximum Gasteiger partial charge on any atom is 0.246 e. The lowest BCUT2D eigenvalue weighted by atomic mass is 9.81. The van der Waals surface area contributed by atoms with E-state index in [0.717, 1.165) is 61.4 Å². The maximum atomic E-state index is 12.8. The van der Waals surface area contributed by atoms with Crippen molar-refractivity contribution in [2.24, 2.45) is 10.4 Å². The predicted octanol–water partition coefficient (Wildman–Crippen LogP) is 6.87. The smallest absolute Gasteiger partial charge is 0.246 e. The minimum absolute atomic E-state index is 0.165. The molecule has 0 radical (unpaired) electrons. The Labute approximate surface area is 220 Å². The number of carbonyl (C=O) groups excluding carboxylic acids is 2. The molecule has 4 rings (SSSR count). The number of hydrogen-bond donors (Lipinski definition) is 0.